The third-order valence-electron chi connectivity index (χ3n) is 4.81. The molecular formula is C21H23Cl2N3O3S. The van der Waals surface area contributed by atoms with E-state index in [1.165, 1.54) is 11.3 Å². The lowest BCUT2D eigenvalue weighted by atomic mass is 10.1. The molecule has 0 N–H and O–H groups in total. The first-order chi connectivity index (χ1) is 14.1. The highest BCUT2D eigenvalue weighted by atomic mass is 35.5. The number of benzene rings is 1. The Morgan fingerprint density at radius 3 is 2.67 bits per heavy atom. The number of carbonyl (C=O) groups is 1. The highest BCUT2D eigenvalue weighted by Gasteiger charge is 2.32. The van der Waals surface area contributed by atoms with Crippen molar-refractivity contribution in [2.45, 2.75) is 39.3 Å². The molecule has 3 heterocycles. The number of halogens is 2. The standard InChI is InChI=1S/C21H23Cl2N3O3S/c1-12-11-25(20(27)29-21(2,3)4)7-8-26(12)19-24-15-10-13(22)9-14(18(15)28-19)16-5-6-17(23)30-16/h5-6,9-10,12H,7-8,11H2,1-4H3. The van der Waals surface area contributed by atoms with Gasteiger partial charge in [0.05, 0.1) is 4.34 Å². The minimum atomic E-state index is -0.516. The molecule has 2 aromatic heterocycles. The van der Waals surface area contributed by atoms with Gasteiger partial charge in [0, 0.05) is 41.1 Å². The zero-order valence-electron chi connectivity index (χ0n) is 17.2. The lowest BCUT2D eigenvalue weighted by molar-refractivity contribution is 0.0216. The molecule has 1 unspecified atom stereocenters. The van der Waals surface area contributed by atoms with E-state index in [4.69, 9.17) is 32.4 Å². The van der Waals surface area contributed by atoms with Crippen LogP contribution < -0.4 is 4.90 Å². The van der Waals surface area contributed by atoms with E-state index < -0.39 is 5.60 Å². The molecule has 1 aliphatic rings. The molecule has 1 fully saturated rings. The number of hydrogen-bond donors (Lipinski definition) is 0. The SMILES string of the molecule is CC1CN(C(=O)OC(C)(C)C)CCN1c1nc2cc(Cl)cc(-c3ccc(Cl)s3)c2o1. The maximum absolute atomic E-state index is 12.4. The first-order valence-corrected chi connectivity index (χ1v) is 11.3. The van der Waals surface area contributed by atoms with Crippen LogP contribution in [0.2, 0.25) is 9.36 Å². The minimum absolute atomic E-state index is 0.0226. The normalized spacial score (nSPS) is 17.6. The molecule has 1 aliphatic heterocycles. The molecule has 1 saturated heterocycles. The quantitative estimate of drug-likeness (QED) is 0.441. The summed E-state index contributed by atoms with van der Waals surface area (Å²) in [5, 5.41) is 0.588. The number of thiophene rings is 1. The summed E-state index contributed by atoms with van der Waals surface area (Å²) in [4.78, 5) is 21.9. The van der Waals surface area contributed by atoms with Crippen LogP contribution in [0.1, 0.15) is 27.7 Å². The summed E-state index contributed by atoms with van der Waals surface area (Å²) in [7, 11) is 0. The lowest BCUT2D eigenvalue weighted by Gasteiger charge is -2.39. The summed E-state index contributed by atoms with van der Waals surface area (Å²) in [6.07, 6.45) is -0.296. The van der Waals surface area contributed by atoms with Crippen LogP contribution in [0.3, 0.4) is 0 Å². The fraction of sp³-hybridized carbons (Fsp3) is 0.429. The van der Waals surface area contributed by atoms with Gasteiger partial charge in [0.1, 0.15) is 11.1 Å². The van der Waals surface area contributed by atoms with Crippen molar-refractivity contribution in [3.63, 3.8) is 0 Å². The summed E-state index contributed by atoms with van der Waals surface area (Å²) in [5.74, 6) is 0. The number of rotatable bonds is 2. The van der Waals surface area contributed by atoms with Gasteiger partial charge in [-0.2, -0.15) is 4.98 Å². The Morgan fingerprint density at radius 1 is 1.27 bits per heavy atom. The number of piperazine rings is 1. The summed E-state index contributed by atoms with van der Waals surface area (Å²) < 4.78 is 12.4. The van der Waals surface area contributed by atoms with E-state index in [-0.39, 0.29) is 12.1 Å². The Morgan fingerprint density at radius 2 is 2.03 bits per heavy atom. The fourth-order valence-corrected chi connectivity index (χ4v) is 4.75. The van der Waals surface area contributed by atoms with E-state index in [0.717, 1.165) is 10.4 Å². The molecule has 160 valence electrons. The van der Waals surface area contributed by atoms with Crippen molar-refractivity contribution in [2.24, 2.45) is 0 Å². The largest absolute Gasteiger partial charge is 0.444 e. The Balaban J connectivity index is 1.59. The van der Waals surface area contributed by atoms with Crippen molar-refractivity contribution < 1.29 is 13.9 Å². The summed E-state index contributed by atoms with van der Waals surface area (Å²) in [6.45, 7) is 9.30. The second kappa shape index (κ2) is 7.94. The van der Waals surface area contributed by atoms with Gasteiger partial charge in [-0.3, -0.25) is 0 Å². The van der Waals surface area contributed by atoms with Gasteiger partial charge in [-0.25, -0.2) is 4.79 Å². The van der Waals surface area contributed by atoms with Gasteiger partial charge in [0.2, 0.25) is 0 Å². The van der Waals surface area contributed by atoms with Gasteiger partial charge in [-0.15, -0.1) is 11.3 Å². The molecule has 1 amide bonds. The molecule has 1 aromatic carbocycles. The van der Waals surface area contributed by atoms with E-state index in [9.17, 15) is 4.79 Å². The van der Waals surface area contributed by atoms with Crippen LogP contribution in [-0.4, -0.2) is 47.3 Å². The van der Waals surface area contributed by atoms with Crippen LogP contribution >= 0.6 is 34.5 Å². The first-order valence-electron chi connectivity index (χ1n) is 9.71. The molecule has 30 heavy (non-hydrogen) atoms. The van der Waals surface area contributed by atoms with Gasteiger partial charge < -0.3 is 19.0 Å². The zero-order chi connectivity index (χ0) is 21.6. The molecule has 4 rings (SSSR count). The average molecular weight is 468 g/mol. The summed E-state index contributed by atoms with van der Waals surface area (Å²) in [6, 6.07) is 8.00. The van der Waals surface area contributed by atoms with E-state index >= 15 is 0 Å². The second-order valence-electron chi connectivity index (χ2n) is 8.37. The van der Waals surface area contributed by atoms with Crippen LogP contribution in [0.4, 0.5) is 10.8 Å². The number of anilines is 1. The molecule has 3 aromatic rings. The maximum Gasteiger partial charge on any atom is 0.410 e. The highest BCUT2D eigenvalue weighted by molar-refractivity contribution is 7.19. The molecule has 6 nitrogen and oxygen atoms in total. The van der Waals surface area contributed by atoms with Gasteiger partial charge >= 0.3 is 6.09 Å². The number of ether oxygens (including phenoxy) is 1. The number of nitrogens with zero attached hydrogens (tertiary/aromatic N) is 3. The number of fused-ring (bicyclic) bond motifs is 1. The van der Waals surface area contributed by atoms with Crippen LogP contribution in [-0.2, 0) is 4.74 Å². The number of aromatic nitrogens is 1. The Labute approximate surface area is 189 Å². The first kappa shape index (κ1) is 21.3. The van der Waals surface area contributed by atoms with E-state index in [1.54, 1.807) is 11.0 Å². The molecule has 9 heteroatoms. The van der Waals surface area contributed by atoms with Gasteiger partial charge in [-0.05, 0) is 52.0 Å². The molecule has 0 aliphatic carbocycles. The number of amides is 1. The van der Waals surface area contributed by atoms with E-state index in [0.29, 0.717) is 46.1 Å². The fourth-order valence-electron chi connectivity index (χ4n) is 3.49. The van der Waals surface area contributed by atoms with E-state index in [2.05, 4.69) is 9.88 Å². The lowest BCUT2D eigenvalue weighted by Crippen LogP contribution is -2.54. The van der Waals surface area contributed by atoms with E-state index in [1.807, 2.05) is 45.9 Å². The van der Waals surface area contributed by atoms with Crippen LogP contribution in [0.5, 0.6) is 0 Å². The molecule has 0 radical (unpaired) electrons. The van der Waals surface area contributed by atoms with Crippen molar-refractivity contribution in [1.82, 2.24) is 9.88 Å². The van der Waals surface area contributed by atoms with Crippen molar-refractivity contribution in [1.29, 1.82) is 0 Å². The number of oxazole rings is 1. The van der Waals surface area contributed by atoms with Crippen LogP contribution in [0.25, 0.3) is 21.5 Å². The van der Waals surface area contributed by atoms with Crippen molar-refractivity contribution >= 4 is 57.7 Å². The summed E-state index contributed by atoms with van der Waals surface area (Å²) in [5.41, 5.74) is 1.72. The molecular weight excluding hydrogens is 445 g/mol. The predicted octanol–water partition coefficient (Wildman–Crippen LogP) is 6.31. The number of carbonyl (C=O) groups excluding carboxylic acids is 1. The van der Waals surface area contributed by atoms with Crippen LogP contribution in [0.15, 0.2) is 28.7 Å². The average Bonchev–Trinajstić information content (AvgIpc) is 3.25. The summed E-state index contributed by atoms with van der Waals surface area (Å²) >= 11 is 13.9. The van der Waals surface area contributed by atoms with Gasteiger partial charge in [0.15, 0.2) is 5.58 Å². The third kappa shape index (κ3) is 4.38. The number of hydrogen-bond acceptors (Lipinski definition) is 6. The topological polar surface area (TPSA) is 58.8 Å². The minimum Gasteiger partial charge on any atom is -0.444 e. The maximum atomic E-state index is 12.4. The van der Waals surface area contributed by atoms with Crippen molar-refractivity contribution in [3.8, 4) is 10.4 Å². The zero-order valence-corrected chi connectivity index (χ0v) is 19.6. The Hall–Kier alpha value is -1.96. The molecule has 1 atom stereocenters. The Bertz CT molecular complexity index is 1090. The predicted molar refractivity (Wildman–Crippen MR) is 122 cm³/mol. The highest BCUT2D eigenvalue weighted by Crippen LogP contribution is 2.39. The Kier molecular flexibility index (Phi) is 5.64. The smallest absolute Gasteiger partial charge is 0.410 e. The van der Waals surface area contributed by atoms with Crippen molar-refractivity contribution in [3.05, 3.63) is 33.6 Å². The monoisotopic (exact) mass is 467 g/mol. The molecule has 0 bridgehead atoms. The second-order valence-corrected chi connectivity index (χ2v) is 10.5. The van der Waals surface area contributed by atoms with Gasteiger partial charge in [0.25, 0.3) is 6.01 Å². The van der Waals surface area contributed by atoms with Crippen LogP contribution in [0, 0.1) is 0 Å². The van der Waals surface area contributed by atoms with Crippen molar-refractivity contribution in [2.75, 3.05) is 24.5 Å². The third-order valence-corrected chi connectivity index (χ3v) is 6.29. The van der Waals surface area contributed by atoms with Gasteiger partial charge in [-0.1, -0.05) is 23.2 Å². The molecule has 0 spiro atoms. The molecule has 0 saturated carbocycles.